The van der Waals surface area contributed by atoms with Crippen LogP contribution < -0.4 is 5.32 Å². The summed E-state index contributed by atoms with van der Waals surface area (Å²) in [6.45, 7) is 2.82. The lowest BCUT2D eigenvalue weighted by Gasteiger charge is -2.22. The van der Waals surface area contributed by atoms with Gasteiger partial charge < -0.3 is 14.8 Å². The van der Waals surface area contributed by atoms with E-state index in [2.05, 4.69) is 16.5 Å². The molecule has 6 heteroatoms. The normalized spacial score (nSPS) is 17.9. The summed E-state index contributed by atoms with van der Waals surface area (Å²) in [7, 11) is 0. The molecule has 2 heterocycles. The molecule has 130 valence electrons. The number of aromatic nitrogens is 2. The van der Waals surface area contributed by atoms with Gasteiger partial charge in [0.1, 0.15) is 6.61 Å². The van der Waals surface area contributed by atoms with Crippen molar-refractivity contribution < 1.29 is 14.3 Å². The van der Waals surface area contributed by atoms with Gasteiger partial charge in [0, 0.05) is 25.1 Å². The minimum atomic E-state index is -0.0730. The lowest BCUT2D eigenvalue weighted by molar-refractivity contribution is -0.127. The first kappa shape index (κ1) is 16.9. The molecule has 1 amide bonds. The Hall–Kier alpha value is -1.92. The Morgan fingerprint density at radius 1 is 1.38 bits per heavy atom. The molecule has 3 rings (SSSR count). The summed E-state index contributed by atoms with van der Waals surface area (Å²) < 4.78 is 13.0. The molecular weight excluding hydrogens is 306 g/mol. The minimum Gasteiger partial charge on any atom is -0.376 e. The van der Waals surface area contributed by atoms with Crippen molar-refractivity contribution in [3.8, 4) is 0 Å². The number of fused-ring (bicyclic) bond motifs is 1. The van der Waals surface area contributed by atoms with E-state index in [0.717, 1.165) is 43.3 Å². The molecule has 0 bridgehead atoms. The lowest BCUT2D eigenvalue weighted by Crippen LogP contribution is -2.31. The first-order valence-corrected chi connectivity index (χ1v) is 8.69. The average Bonchev–Trinajstić information content (AvgIpc) is 3.03. The highest BCUT2D eigenvalue weighted by molar-refractivity contribution is 5.78. The Labute approximate surface area is 142 Å². The van der Waals surface area contributed by atoms with Gasteiger partial charge in [-0.1, -0.05) is 18.2 Å². The van der Waals surface area contributed by atoms with Crippen LogP contribution in [0.15, 0.2) is 30.5 Å². The molecule has 0 radical (unpaired) electrons. The van der Waals surface area contributed by atoms with Gasteiger partial charge in [-0.05, 0) is 31.7 Å². The summed E-state index contributed by atoms with van der Waals surface area (Å²) in [4.78, 5) is 11.8. The molecule has 1 saturated heterocycles. The quantitative estimate of drug-likeness (QED) is 0.753. The number of carbonyl (C=O) groups excluding carboxylic acids is 1. The first-order chi connectivity index (χ1) is 11.8. The van der Waals surface area contributed by atoms with E-state index in [1.807, 2.05) is 29.1 Å². The third kappa shape index (κ3) is 4.79. The summed E-state index contributed by atoms with van der Waals surface area (Å²) in [5.41, 5.74) is 1.12. The Balaban J connectivity index is 1.29. The standard InChI is InChI=1S/C18H25N3O3/c22-18(14-23-13-16-7-3-4-11-24-16)19-9-5-10-21-17-8-2-1-6-15(17)12-20-21/h1-2,6,8,12,16H,3-5,7,9-11,13-14H2,(H,19,22). The second kappa shape index (κ2) is 8.80. The molecule has 24 heavy (non-hydrogen) atoms. The number of nitrogens with zero attached hydrogens (tertiary/aromatic N) is 2. The highest BCUT2D eigenvalue weighted by Crippen LogP contribution is 2.13. The Kier molecular flexibility index (Phi) is 6.20. The number of aryl methyl sites for hydroxylation is 1. The van der Waals surface area contributed by atoms with E-state index >= 15 is 0 Å². The van der Waals surface area contributed by atoms with Crippen LogP contribution in [-0.4, -0.2) is 48.2 Å². The van der Waals surface area contributed by atoms with Crippen LogP contribution in [0, 0.1) is 0 Å². The van der Waals surface area contributed by atoms with Gasteiger partial charge in [0.2, 0.25) is 5.91 Å². The van der Waals surface area contributed by atoms with Crippen molar-refractivity contribution in [2.45, 2.75) is 38.3 Å². The highest BCUT2D eigenvalue weighted by Gasteiger charge is 2.14. The summed E-state index contributed by atoms with van der Waals surface area (Å²) in [5.74, 6) is -0.0730. The second-order valence-corrected chi connectivity index (χ2v) is 6.13. The van der Waals surface area contributed by atoms with Crippen molar-refractivity contribution >= 4 is 16.8 Å². The maximum atomic E-state index is 11.8. The molecule has 6 nitrogen and oxygen atoms in total. The Bertz CT molecular complexity index is 650. The summed E-state index contributed by atoms with van der Waals surface area (Å²) in [5, 5.41) is 8.40. The zero-order valence-corrected chi connectivity index (χ0v) is 13.9. The van der Waals surface area contributed by atoms with Crippen molar-refractivity contribution in [3.05, 3.63) is 30.5 Å². The summed E-state index contributed by atoms with van der Waals surface area (Å²) in [6, 6.07) is 8.12. The number of benzene rings is 1. The SMILES string of the molecule is O=C(COCC1CCCCO1)NCCCn1ncc2ccccc21. The molecule has 1 aromatic carbocycles. The predicted octanol–water partition coefficient (Wildman–Crippen LogP) is 2.13. The smallest absolute Gasteiger partial charge is 0.246 e. The molecule has 1 N–H and O–H groups in total. The van der Waals surface area contributed by atoms with E-state index in [0.29, 0.717) is 13.2 Å². The van der Waals surface area contributed by atoms with Crippen LogP contribution in [0.3, 0.4) is 0 Å². The Morgan fingerprint density at radius 3 is 3.17 bits per heavy atom. The molecule has 1 fully saturated rings. The van der Waals surface area contributed by atoms with E-state index in [4.69, 9.17) is 9.47 Å². The van der Waals surface area contributed by atoms with Gasteiger partial charge in [-0.2, -0.15) is 5.10 Å². The van der Waals surface area contributed by atoms with Crippen LogP contribution in [-0.2, 0) is 20.8 Å². The Morgan fingerprint density at radius 2 is 2.29 bits per heavy atom. The van der Waals surface area contributed by atoms with Gasteiger partial charge in [-0.15, -0.1) is 0 Å². The average molecular weight is 331 g/mol. The molecule has 1 aliphatic rings. The molecule has 1 atom stereocenters. The van der Waals surface area contributed by atoms with Crippen LogP contribution in [0.1, 0.15) is 25.7 Å². The summed E-state index contributed by atoms with van der Waals surface area (Å²) in [6.07, 6.45) is 6.20. The maximum absolute atomic E-state index is 11.8. The van der Waals surface area contributed by atoms with Crippen LogP contribution >= 0.6 is 0 Å². The van der Waals surface area contributed by atoms with Gasteiger partial charge in [0.05, 0.1) is 24.4 Å². The number of hydrogen-bond acceptors (Lipinski definition) is 4. The zero-order chi connectivity index (χ0) is 16.6. The fraction of sp³-hybridized carbons (Fsp3) is 0.556. The fourth-order valence-electron chi connectivity index (χ4n) is 2.93. The van der Waals surface area contributed by atoms with Crippen molar-refractivity contribution in [3.63, 3.8) is 0 Å². The van der Waals surface area contributed by atoms with E-state index in [1.165, 1.54) is 6.42 Å². The van der Waals surface area contributed by atoms with E-state index in [1.54, 1.807) is 0 Å². The van der Waals surface area contributed by atoms with Crippen molar-refractivity contribution in [1.82, 2.24) is 15.1 Å². The number of rotatable bonds is 8. The highest BCUT2D eigenvalue weighted by atomic mass is 16.5. The van der Waals surface area contributed by atoms with E-state index in [9.17, 15) is 4.79 Å². The molecular formula is C18H25N3O3. The van der Waals surface area contributed by atoms with Crippen molar-refractivity contribution in [2.75, 3.05) is 26.4 Å². The number of para-hydroxylation sites is 1. The molecule has 0 spiro atoms. The lowest BCUT2D eigenvalue weighted by atomic mass is 10.1. The van der Waals surface area contributed by atoms with E-state index in [-0.39, 0.29) is 18.6 Å². The molecule has 1 unspecified atom stereocenters. The van der Waals surface area contributed by atoms with E-state index < -0.39 is 0 Å². The van der Waals surface area contributed by atoms with Gasteiger partial charge in [-0.25, -0.2) is 0 Å². The first-order valence-electron chi connectivity index (χ1n) is 8.69. The maximum Gasteiger partial charge on any atom is 0.246 e. The minimum absolute atomic E-state index is 0.0730. The van der Waals surface area contributed by atoms with Crippen LogP contribution in [0.25, 0.3) is 10.9 Å². The van der Waals surface area contributed by atoms with Crippen molar-refractivity contribution in [1.29, 1.82) is 0 Å². The number of hydrogen-bond donors (Lipinski definition) is 1. The predicted molar refractivity (Wildman–Crippen MR) is 91.8 cm³/mol. The molecule has 0 saturated carbocycles. The van der Waals surface area contributed by atoms with Crippen LogP contribution in [0.4, 0.5) is 0 Å². The monoisotopic (exact) mass is 331 g/mol. The molecule has 1 aromatic heterocycles. The van der Waals surface area contributed by atoms with Gasteiger partial charge in [0.15, 0.2) is 0 Å². The molecule has 0 aliphatic carbocycles. The molecule has 2 aromatic rings. The third-order valence-corrected chi connectivity index (χ3v) is 4.23. The zero-order valence-electron chi connectivity index (χ0n) is 13.9. The topological polar surface area (TPSA) is 65.4 Å². The van der Waals surface area contributed by atoms with Gasteiger partial charge in [0.25, 0.3) is 0 Å². The second-order valence-electron chi connectivity index (χ2n) is 6.13. The number of carbonyl (C=O) groups is 1. The van der Waals surface area contributed by atoms with Gasteiger partial charge >= 0.3 is 0 Å². The largest absolute Gasteiger partial charge is 0.376 e. The molecule has 1 aliphatic heterocycles. The third-order valence-electron chi connectivity index (χ3n) is 4.23. The number of nitrogens with one attached hydrogen (secondary N) is 1. The summed E-state index contributed by atoms with van der Waals surface area (Å²) >= 11 is 0. The van der Waals surface area contributed by atoms with Crippen LogP contribution in [0.5, 0.6) is 0 Å². The number of amides is 1. The fourth-order valence-corrected chi connectivity index (χ4v) is 2.93. The van der Waals surface area contributed by atoms with Crippen LogP contribution in [0.2, 0.25) is 0 Å². The van der Waals surface area contributed by atoms with Crippen molar-refractivity contribution in [2.24, 2.45) is 0 Å². The van der Waals surface area contributed by atoms with Gasteiger partial charge in [-0.3, -0.25) is 9.48 Å². The number of ether oxygens (including phenoxy) is 2.